The lowest BCUT2D eigenvalue weighted by molar-refractivity contribution is 0.261. The summed E-state index contributed by atoms with van der Waals surface area (Å²) < 4.78 is 23.8. The van der Waals surface area contributed by atoms with Crippen molar-refractivity contribution in [1.82, 2.24) is 0 Å². The molecule has 3 aromatic rings. The number of hydrogen-bond acceptors (Lipinski definition) is 3. The first-order chi connectivity index (χ1) is 13.5. The van der Waals surface area contributed by atoms with Crippen molar-refractivity contribution in [3.63, 3.8) is 0 Å². The van der Waals surface area contributed by atoms with Gasteiger partial charge < -0.3 is 14.6 Å². The van der Waals surface area contributed by atoms with Gasteiger partial charge in [0.1, 0.15) is 6.61 Å². The van der Waals surface area contributed by atoms with E-state index in [1.807, 2.05) is 36.4 Å². The lowest BCUT2D eigenvalue weighted by Gasteiger charge is -2.13. The van der Waals surface area contributed by atoms with Crippen molar-refractivity contribution in [2.45, 2.75) is 33.8 Å². The zero-order chi connectivity index (χ0) is 20.4. The van der Waals surface area contributed by atoms with E-state index < -0.39 is 5.82 Å². The molecule has 4 heteroatoms. The largest absolute Gasteiger partial charge is 0.505 e. The molecule has 0 unspecified atom stereocenters. The maximum atomic E-state index is 12.2. The van der Waals surface area contributed by atoms with Gasteiger partial charge in [-0.3, -0.25) is 0 Å². The van der Waals surface area contributed by atoms with E-state index in [0.717, 1.165) is 29.0 Å². The second kappa shape index (κ2) is 11.0. The van der Waals surface area contributed by atoms with Gasteiger partial charge in [0.25, 0.3) is 0 Å². The normalized spacial score (nSPS) is 10.0. The van der Waals surface area contributed by atoms with Gasteiger partial charge in [0, 0.05) is 0 Å². The van der Waals surface area contributed by atoms with Gasteiger partial charge in [0.2, 0.25) is 0 Å². The molecule has 0 bridgehead atoms. The molecule has 3 nitrogen and oxygen atoms in total. The SMILES string of the molecule is CCCOc1cc(C)ccc1OCc1ccccc1.Cc1ccc(F)c(O)c1. The third-order valence-corrected chi connectivity index (χ3v) is 3.90. The molecule has 28 heavy (non-hydrogen) atoms. The van der Waals surface area contributed by atoms with Gasteiger partial charge in [-0.05, 0) is 61.2 Å². The first-order valence-electron chi connectivity index (χ1n) is 9.35. The van der Waals surface area contributed by atoms with Gasteiger partial charge in [-0.15, -0.1) is 0 Å². The molecule has 3 rings (SSSR count). The molecule has 3 aromatic carbocycles. The average Bonchev–Trinajstić information content (AvgIpc) is 2.70. The van der Waals surface area contributed by atoms with Crippen molar-refractivity contribution in [2.24, 2.45) is 0 Å². The van der Waals surface area contributed by atoms with Crippen LogP contribution in [-0.2, 0) is 6.61 Å². The Morgan fingerprint density at radius 3 is 2.14 bits per heavy atom. The Kier molecular flexibility index (Phi) is 8.35. The van der Waals surface area contributed by atoms with Crippen LogP contribution in [-0.4, -0.2) is 11.7 Å². The van der Waals surface area contributed by atoms with E-state index in [-0.39, 0.29) is 5.75 Å². The van der Waals surface area contributed by atoms with Gasteiger partial charge in [-0.25, -0.2) is 4.39 Å². The van der Waals surface area contributed by atoms with Crippen LogP contribution in [0.5, 0.6) is 17.2 Å². The lowest BCUT2D eigenvalue weighted by Crippen LogP contribution is -2.01. The van der Waals surface area contributed by atoms with Crippen molar-refractivity contribution < 1.29 is 19.0 Å². The summed E-state index contributed by atoms with van der Waals surface area (Å²) in [5.41, 5.74) is 3.19. The van der Waals surface area contributed by atoms with Crippen LogP contribution in [0.25, 0.3) is 0 Å². The summed E-state index contributed by atoms with van der Waals surface area (Å²) in [6.45, 7) is 7.22. The summed E-state index contributed by atoms with van der Waals surface area (Å²) in [4.78, 5) is 0. The first kappa shape index (κ1) is 21.3. The third-order valence-electron chi connectivity index (χ3n) is 3.90. The highest BCUT2D eigenvalue weighted by Crippen LogP contribution is 2.29. The summed E-state index contributed by atoms with van der Waals surface area (Å²) in [6.07, 6.45) is 0.992. The lowest BCUT2D eigenvalue weighted by atomic mass is 10.2. The van der Waals surface area contributed by atoms with Crippen LogP contribution < -0.4 is 9.47 Å². The molecule has 0 aliphatic rings. The van der Waals surface area contributed by atoms with Gasteiger partial charge in [-0.2, -0.15) is 0 Å². The molecule has 0 fully saturated rings. The van der Waals surface area contributed by atoms with Crippen LogP contribution in [0.4, 0.5) is 4.39 Å². The molecule has 0 amide bonds. The number of phenols is 1. The summed E-state index contributed by atoms with van der Waals surface area (Å²) >= 11 is 0. The molecule has 148 valence electrons. The molecule has 0 radical (unpaired) electrons. The number of halogens is 1. The predicted molar refractivity (Wildman–Crippen MR) is 111 cm³/mol. The van der Waals surface area contributed by atoms with Crippen molar-refractivity contribution in [3.05, 3.63) is 89.2 Å². The first-order valence-corrected chi connectivity index (χ1v) is 9.35. The minimum absolute atomic E-state index is 0.282. The van der Waals surface area contributed by atoms with E-state index >= 15 is 0 Å². The molecule has 0 heterocycles. The third kappa shape index (κ3) is 6.95. The van der Waals surface area contributed by atoms with E-state index in [1.165, 1.54) is 17.7 Å². The van der Waals surface area contributed by atoms with Crippen LogP contribution in [0, 0.1) is 19.7 Å². The fourth-order valence-corrected chi connectivity index (χ4v) is 2.42. The Balaban J connectivity index is 0.000000261. The van der Waals surface area contributed by atoms with Gasteiger partial charge in [-0.1, -0.05) is 49.4 Å². The number of hydrogen-bond donors (Lipinski definition) is 1. The van der Waals surface area contributed by atoms with Crippen LogP contribution in [0.2, 0.25) is 0 Å². The fraction of sp³-hybridized carbons (Fsp3) is 0.250. The molecule has 0 aliphatic carbocycles. The number of aromatic hydroxyl groups is 1. The Bertz CT molecular complexity index is 863. The predicted octanol–water partition coefficient (Wildman–Crippen LogP) is 6.20. The van der Waals surface area contributed by atoms with Crippen LogP contribution in [0.3, 0.4) is 0 Å². The molecular formula is C24H27FO3. The van der Waals surface area contributed by atoms with Crippen LogP contribution in [0.1, 0.15) is 30.0 Å². The number of rotatable bonds is 6. The monoisotopic (exact) mass is 382 g/mol. The number of aryl methyl sites for hydroxylation is 2. The van der Waals surface area contributed by atoms with Crippen molar-refractivity contribution in [3.8, 4) is 17.2 Å². The van der Waals surface area contributed by atoms with Gasteiger partial charge in [0.15, 0.2) is 23.1 Å². The number of ether oxygens (including phenoxy) is 2. The number of benzene rings is 3. The Hall–Kier alpha value is -3.01. The Labute approximate surface area is 166 Å². The molecule has 0 aliphatic heterocycles. The minimum Gasteiger partial charge on any atom is -0.505 e. The summed E-state index contributed by atoms with van der Waals surface area (Å²) in [7, 11) is 0. The highest BCUT2D eigenvalue weighted by atomic mass is 19.1. The second-order valence-corrected chi connectivity index (χ2v) is 6.53. The van der Waals surface area contributed by atoms with E-state index in [1.54, 1.807) is 13.0 Å². The molecule has 0 spiro atoms. The van der Waals surface area contributed by atoms with Gasteiger partial charge in [0.05, 0.1) is 6.61 Å². The van der Waals surface area contributed by atoms with Crippen molar-refractivity contribution >= 4 is 0 Å². The van der Waals surface area contributed by atoms with E-state index in [4.69, 9.17) is 14.6 Å². The molecule has 0 aromatic heterocycles. The highest BCUT2D eigenvalue weighted by Gasteiger charge is 2.05. The highest BCUT2D eigenvalue weighted by molar-refractivity contribution is 5.42. The second-order valence-electron chi connectivity index (χ2n) is 6.53. The molecule has 0 atom stereocenters. The van der Waals surface area contributed by atoms with E-state index in [0.29, 0.717) is 13.2 Å². The topological polar surface area (TPSA) is 38.7 Å². The number of phenolic OH excluding ortho intramolecular Hbond substituents is 1. The molecular weight excluding hydrogens is 355 g/mol. The molecule has 1 N–H and O–H groups in total. The van der Waals surface area contributed by atoms with Crippen LogP contribution in [0.15, 0.2) is 66.7 Å². The Morgan fingerprint density at radius 2 is 1.50 bits per heavy atom. The fourth-order valence-electron chi connectivity index (χ4n) is 2.42. The van der Waals surface area contributed by atoms with E-state index in [9.17, 15) is 4.39 Å². The van der Waals surface area contributed by atoms with Crippen molar-refractivity contribution in [2.75, 3.05) is 6.61 Å². The van der Waals surface area contributed by atoms with Crippen LogP contribution >= 0.6 is 0 Å². The quantitative estimate of drug-likeness (QED) is 0.551. The standard InChI is InChI=1S/C17H20O2.C7H7FO/c1-3-11-18-17-12-14(2)9-10-16(17)19-13-15-7-5-4-6-8-15;1-5-2-3-6(8)7(9)4-5/h4-10,12H,3,11,13H2,1-2H3;2-4,9H,1H3. The minimum atomic E-state index is -0.569. The Morgan fingerprint density at radius 1 is 0.821 bits per heavy atom. The zero-order valence-electron chi connectivity index (χ0n) is 16.6. The van der Waals surface area contributed by atoms with E-state index in [2.05, 4.69) is 26.0 Å². The molecule has 0 saturated carbocycles. The zero-order valence-corrected chi connectivity index (χ0v) is 16.6. The molecule has 0 saturated heterocycles. The maximum Gasteiger partial charge on any atom is 0.164 e. The summed E-state index contributed by atoms with van der Waals surface area (Å²) in [6, 6.07) is 20.4. The maximum absolute atomic E-state index is 12.2. The van der Waals surface area contributed by atoms with Gasteiger partial charge >= 0.3 is 0 Å². The summed E-state index contributed by atoms with van der Waals surface area (Å²) in [5.74, 6) is 0.788. The average molecular weight is 382 g/mol. The summed E-state index contributed by atoms with van der Waals surface area (Å²) in [5, 5.41) is 8.73. The smallest absolute Gasteiger partial charge is 0.164 e. The van der Waals surface area contributed by atoms with Crippen molar-refractivity contribution in [1.29, 1.82) is 0 Å².